The van der Waals surface area contributed by atoms with Gasteiger partial charge in [0.2, 0.25) is 0 Å². The van der Waals surface area contributed by atoms with Crippen LogP contribution in [0.2, 0.25) is 0 Å². The van der Waals surface area contributed by atoms with Crippen molar-refractivity contribution >= 4 is 6.09 Å². The summed E-state index contributed by atoms with van der Waals surface area (Å²) in [5.41, 5.74) is -0.405. The minimum Gasteiger partial charge on any atom is -0.444 e. The Balaban J connectivity index is 1.77. The number of ether oxygens (including phenoxy) is 1. The fourth-order valence-corrected chi connectivity index (χ4v) is 3.09. The van der Waals surface area contributed by atoms with Gasteiger partial charge in [-0.1, -0.05) is 0 Å². The Hall–Kier alpha value is -0.810. The number of hydrogen-bond donors (Lipinski definition) is 1. The Morgan fingerprint density at radius 3 is 2.52 bits per heavy atom. The number of nitrogens with zero attached hydrogens (tertiary/aromatic N) is 2. The van der Waals surface area contributed by atoms with Crippen molar-refractivity contribution < 1.29 is 9.53 Å². The molecule has 0 atom stereocenters. The molecule has 0 aromatic rings. The maximum absolute atomic E-state index is 12.1. The van der Waals surface area contributed by atoms with E-state index in [0.717, 1.165) is 51.6 Å². The number of amides is 1. The van der Waals surface area contributed by atoms with Gasteiger partial charge < -0.3 is 19.9 Å². The van der Waals surface area contributed by atoms with E-state index < -0.39 is 5.60 Å². The zero-order chi connectivity index (χ0) is 15.3. The maximum atomic E-state index is 12.1. The predicted molar refractivity (Wildman–Crippen MR) is 84.5 cm³/mol. The first-order valence-electron chi connectivity index (χ1n) is 8.35. The Kier molecular flexibility index (Phi) is 5.88. The van der Waals surface area contributed by atoms with Gasteiger partial charge in [-0.25, -0.2) is 4.79 Å². The normalized spacial score (nSPS) is 22.9. The molecule has 122 valence electrons. The van der Waals surface area contributed by atoms with Crippen LogP contribution in [0.5, 0.6) is 0 Å². The first kappa shape index (κ1) is 16.6. The van der Waals surface area contributed by atoms with E-state index in [2.05, 4.69) is 10.2 Å². The second-order valence-electron chi connectivity index (χ2n) is 7.31. The van der Waals surface area contributed by atoms with Crippen LogP contribution in [0.3, 0.4) is 0 Å². The lowest BCUT2D eigenvalue weighted by Gasteiger charge is -2.29. The van der Waals surface area contributed by atoms with Gasteiger partial charge in [0, 0.05) is 26.2 Å². The lowest BCUT2D eigenvalue weighted by atomic mass is 9.97. The summed E-state index contributed by atoms with van der Waals surface area (Å²) in [7, 11) is 0. The number of nitrogens with one attached hydrogen (secondary N) is 1. The first-order chi connectivity index (χ1) is 9.94. The van der Waals surface area contributed by atoms with E-state index in [1.165, 1.54) is 19.4 Å². The average molecular weight is 297 g/mol. The Morgan fingerprint density at radius 2 is 1.86 bits per heavy atom. The SMILES string of the molecule is CC(C)(C)OC(=O)N1CCCN(CC2CCNCC2)CC1. The zero-order valence-corrected chi connectivity index (χ0v) is 13.9. The third-order valence-corrected chi connectivity index (χ3v) is 4.22. The molecule has 1 N–H and O–H groups in total. The van der Waals surface area contributed by atoms with Crippen molar-refractivity contribution in [2.45, 2.75) is 45.6 Å². The third-order valence-electron chi connectivity index (χ3n) is 4.22. The van der Waals surface area contributed by atoms with Gasteiger partial charge in [-0.05, 0) is 65.6 Å². The summed E-state index contributed by atoms with van der Waals surface area (Å²) in [6.07, 6.45) is 3.45. The van der Waals surface area contributed by atoms with E-state index in [4.69, 9.17) is 4.74 Å². The van der Waals surface area contributed by atoms with Crippen molar-refractivity contribution in [3.05, 3.63) is 0 Å². The molecule has 5 heteroatoms. The highest BCUT2D eigenvalue weighted by atomic mass is 16.6. The zero-order valence-electron chi connectivity index (χ0n) is 13.9. The molecule has 0 bridgehead atoms. The molecule has 0 aliphatic carbocycles. The molecular weight excluding hydrogens is 266 g/mol. The first-order valence-corrected chi connectivity index (χ1v) is 8.35. The second kappa shape index (κ2) is 7.45. The van der Waals surface area contributed by atoms with E-state index in [0.29, 0.717) is 0 Å². The van der Waals surface area contributed by atoms with E-state index >= 15 is 0 Å². The van der Waals surface area contributed by atoms with Crippen LogP contribution in [0, 0.1) is 5.92 Å². The molecule has 0 spiro atoms. The molecule has 21 heavy (non-hydrogen) atoms. The van der Waals surface area contributed by atoms with E-state index in [1.807, 2.05) is 25.7 Å². The number of hydrogen-bond acceptors (Lipinski definition) is 4. The van der Waals surface area contributed by atoms with Crippen molar-refractivity contribution in [1.29, 1.82) is 0 Å². The number of carbonyl (C=O) groups excluding carboxylic acids is 1. The summed E-state index contributed by atoms with van der Waals surface area (Å²) in [6, 6.07) is 0. The topological polar surface area (TPSA) is 44.8 Å². The molecule has 2 saturated heterocycles. The van der Waals surface area contributed by atoms with Crippen LogP contribution < -0.4 is 5.32 Å². The molecular formula is C16H31N3O2. The standard InChI is InChI=1S/C16H31N3O2/c1-16(2,3)21-15(20)19-10-4-9-18(11-12-19)13-14-5-7-17-8-6-14/h14,17H,4-13H2,1-3H3. The van der Waals surface area contributed by atoms with E-state index in [1.54, 1.807) is 0 Å². The Labute approximate surface area is 129 Å². The smallest absolute Gasteiger partial charge is 0.410 e. The summed E-state index contributed by atoms with van der Waals surface area (Å²) in [5.74, 6) is 0.819. The Morgan fingerprint density at radius 1 is 1.14 bits per heavy atom. The molecule has 0 aromatic carbocycles. The highest BCUT2D eigenvalue weighted by molar-refractivity contribution is 5.68. The van der Waals surface area contributed by atoms with Gasteiger partial charge in [0.05, 0.1) is 0 Å². The molecule has 0 saturated carbocycles. The minimum absolute atomic E-state index is 0.161. The Bertz CT molecular complexity index is 335. The lowest BCUT2D eigenvalue weighted by molar-refractivity contribution is 0.0257. The van der Waals surface area contributed by atoms with Crippen LogP contribution >= 0.6 is 0 Å². The van der Waals surface area contributed by atoms with Crippen molar-refractivity contribution in [1.82, 2.24) is 15.1 Å². The molecule has 2 fully saturated rings. The molecule has 1 amide bonds. The van der Waals surface area contributed by atoms with Crippen LogP contribution in [-0.2, 0) is 4.74 Å². The van der Waals surface area contributed by atoms with Gasteiger partial charge in [-0.2, -0.15) is 0 Å². The average Bonchev–Trinajstić information content (AvgIpc) is 2.64. The predicted octanol–water partition coefficient (Wildman–Crippen LogP) is 1.93. The van der Waals surface area contributed by atoms with Crippen LogP contribution in [0.4, 0.5) is 4.79 Å². The van der Waals surface area contributed by atoms with Crippen molar-refractivity contribution in [2.75, 3.05) is 45.8 Å². The van der Waals surface area contributed by atoms with Gasteiger partial charge in [-0.3, -0.25) is 0 Å². The molecule has 2 aliphatic heterocycles. The van der Waals surface area contributed by atoms with Gasteiger partial charge in [0.25, 0.3) is 0 Å². The highest BCUT2D eigenvalue weighted by Crippen LogP contribution is 2.16. The second-order valence-corrected chi connectivity index (χ2v) is 7.31. The molecule has 0 radical (unpaired) electrons. The van der Waals surface area contributed by atoms with Crippen LogP contribution in [0.1, 0.15) is 40.0 Å². The summed E-state index contributed by atoms with van der Waals surface area (Å²) < 4.78 is 5.48. The highest BCUT2D eigenvalue weighted by Gasteiger charge is 2.25. The number of rotatable bonds is 2. The number of piperidine rings is 1. The third kappa shape index (κ3) is 5.83. The summed E-state index contributed by atoms with van der Waals surface area (Å²) in [5, 5.41) is 3.42. The van der Waals surface area contributed by atoms with E-state index in [9.17, 15) is 4.79 Å². The fourth-order valence-electron chi connectivity index (χ4n) is 3.09. The van der Waals surface area contributed by atoms with Crippen LogP contribution in [-0.4, -0.2) is 67.3 Å². The van der Waals surface area contributed by atoms with Gasteiger partial charge in [-0.15, -0.1) is 0 Å². The quantitative estimate of drug-likeness (QED) is 0.846. The molecule has 0 aromatic heterocycles. The largest absolute Gasteiger partial charge is 0.444 e. The minimum atomic E-state index is -0.405. The fraction of sp³-hybridized carbons (Fsp3) is 0.938. The van der Waals surface area contributed by atoms with Gasteiger partial charge in [0.1, 0.15) is 5.60 Å². The van der Waals surface area contributed by atoms with Gasteiger partial charge >= 0.3 is 6.09 Å². The van der Waals surface area contributed by atoms with Crippen LogP contribution in [0.25, 0.3) is 0 Å². The van der Waals surface area contributed by atoms with E-state index in [-0.39, 0.29) is 6.09 Å². The molecule has 2 aliphatic rings. The van der Waals surface area contributed by atoms with Gasteiger partial charge in [0.15, 0.2) is 0 Å². The van der Waals surface area contributed by atoms with Crippen molar-refractivity contribution in [2.24, 2.45) is 5.92 Å². The van der Waals surface area contributed by atoms with Crippen LogP contribution in [0.15, 0.2) is 0 Å². The molecule has 0 unspecified atom stereocenters. The number of carbonyl (C=O) groups is 1. The maximum Gasteiger partial charge on any atom is 0.410 e. The lowest BCUT2D eigenvalue weighted by Crippen LogP contribution is -2.40. The van der Waals surface area contributed by atoms with Crippen molar-refractivity contribution in [3.63, 3.8) is 0 Å². The molecule has 5 nitrogen and oxygen atoms in total. The monoisotopic (exact) mass is 297 g/mol. The summed E-state index contributed by atoms with van der Waals surface area (Å²) in [4.78, 5) is 16.5. The summed E-state index contributed by atoms with van der Waals surface area (Å²) in [6.45, 7) is 12.9. The molecule has 2 heterocycles. The summed E-state index contributed by atoms with van der Waals surface area (Å²) >= 11 is 0. The van der Waals surface area contributed by atoms with Crippen molar-refractivity contribution in [3.8, 4) is 0 Å². The molecule has 2 rings (SSSR count).